The fourth-order valence-electron chi connectivity index (χ4n) is 1.87. The average molecular weight is 350 g/mol. The van der Waals surface area contributed by atoms with E-state index in [1.165, 1.54) is 12.4 Å². The highest BCUT2D eigenvalue weighted by molar-refractivity contribution is 6.39. The number of hydrogen-bond donors (Lipinski definition) is 1. The molecule has 8 heteroatoms. The third kappa shape index (κ3) is 4.31. The summed E-state index contributed by atoms with van der Waals surface area (Å²) in [5.41, 5.74) is 0.597. The lowest BCUT2D eigenvalue weighted by molar-refractivity contribution is -0.115. The molecule has 0 unspecified atom stereocenters. The highest BCUT2D eigenvalue weighted by Crippen LogP contribution is 2.29. The molecular weight excluding hydrogens is 337 g/mol. The van der Waals surface area contributed by atoms with E-state index in [1.807, 2.05) is 13.0 Å². The third-order valence-corrected chi connectivity index (χ3v) is 3.65. The van der Waals surface area contributed by atoms with E-state index in [2.05, 4.69) is 15.3 Å². The quantitative estimate of drug-likeness (QED) is 0.896. The summed E-state index contributed by atoms with van der Waals surface area (Å²) in [5, 5.41) is 12.2. The van der Waals surface area contributed by atoms with E-state index in [1.54, 1.807) is 23.1 Å². The third-order valence-electron chi connectivity index (χ3n) is 3.02. The molecule has 0 saturated carbocycles. The molecule has 2 aromatic rings. The molecule has 0 bridgehead atoms. The summed E-state index contributed by atoms with van der Waals surface area (Å²) >= 11 is 12.1. The van der Waals surface area contributed by atoms with Crippen LogP contribution in [0.4, 0.5) is 11.5 Å². The summed E-state index contributed by atoms with van der Waals surface area (Å²) in [6.45, 7) is 2.48. The van der Waals surface area contributed by atoms with Crippen molar-refractivity contribution < 1.29 is 4.79 Å². The minimum Gasteiger partial charge on any atom is -0.346 e. The van der Waals surface area contributed by atoms with Crippen LogP contribution in [0.3, 0.4) is 0 Å². The molecule has 1 aromatic heterocycles. The number of nitriles is 1. The van der Waals surface area contributed by atoms with Crippen molar-refractivity contribution in [2.45, 2.75) is 6.92 Å². The molecule has 1 N–H and O–H groups in total. The van der Waals surface area contributed by atoms with Gasteiger partial charge in [-0.3, -0.25) is 4.79 Å². The molecule has 0 aliphatic rings. The molecule has 6 nitrogen and oxygen atoms in total. The van der Waals surface area contributed by atoms with E-state index >= 15 is 0 Å². The van der Waals surface area contributed by atoms with E-state index in [9.17, 15) is 4.79 Å². The monoisotopic (exact) mass is 349 g/mol. The number of nitrogens with zero attached hydrogens (tertiary/aromatic N) is 4. The summed E-state index contributed by atoms with van der Waals surface area (Å²) in [6.07, 6.45) is 2.82. The van der Waals surface area contributed by atoms with E-state index < -0.39 is 0 Å². The SMILES string of the molecule is CCN(CC(=O)Nc1c(Cl)cccc1Cl)c1cnc(C#N)cn1. The van der Waals surface area contributed by atoms with Crippen molar-refractivity contribution in [2.75, 3.05) is 23.3 Å². The molecule has 0 fully saturated rings. The molecule has 0 atom stereocenters. The van der Waals surface area contributed by atoms with Gasteiger partial charge in [0.25, 0.3) is 0 Å². The number of anilines is 2. The maximum atomic E-state index is 12.2. The molecule has 0 radical (unpaired) electrons. The summed E-state index contributed by atoms with van der Waals surface area (Å²) in [5.74, 6) is 0.222. The number of carbonyl (C=O) groups is 1. The fourth-order valence-corrected chi connectivity index (χ4v) is 2.36. The Morgan fingerprint density at radius 3 is 2.52 bits per heavy atom. The minimum atomic E-state index is -0.284. The van der Waals surface area contributed by atoms with Crippen molar-refractivity contribution in [1.29, 1.82) is 5.26 Å². The Labute approximate surface area is 143 Å². The van der Waals surface area contributed by atoms with Gasteiger partial charge in [0.1, 0.15) is 11.9 Å². The molecule has 1 amide bonds. The Morgan fingerprint density at radius 1 is 1.30 bits per heavy atom. The molecule has 0 aliphatic heterocycles. The van der Waals surface area contributed by atoms with Crippen LogP contribution >= 0.6 is 23.2 Å². The Bertz CT molecular complexity index is 722. The van der Waals surface area contributed by atoms with E-state index in [4.69, 9.17) is 28.5 Å². The molecule has 0 spiro atoms. The number of likely N-dealkylation sites (N-methyl/N-ethyl adjacent to an activating group) is 1. The fraction of sp³-hybridized carbons (Fsp3) is 0.200. The number of benzene rings is 1. The zero-order chi connectivity index (χ0) is 16.8. The number of para-hydroxylation sites is 1. The number of nitrogens with one attached hydrogen (secondary N) is 1. The Hall–Kier alpha value is -2.36. The van der Waals surface area contributed by atoms with Crippen LogP contribution in [0.2, 0.25) is 10.0 Å². The number of halogens is 2. The number of amides is 1. The molecule has 0 aliphatic carbocycles. The number of carbonyl (C=O) groups excluding carboxylic acids is 1. The van der Waals surface area contributed by atoms with Gasteiger partial charge in [-0.1, -0.05) is 29.3 Å². The van der Waals surface area contributed by atoms with Crippen molar-refractivity contribution in [3.63, 3.8) is 0 Å². The van der Waals surface area contributed by atoms with E-state index in [0.717, 1.165) is 0 Å². The second-order valence-corrected chi connectivity index (χ2v) is 5.35. The maximum absolute atomic E-state index is 12.2. The van der Waals surface area contributed by atoms with Crippen molar-refractivity contribution in [1.82, 2.24) is 9.97 Å². The van der Waals surface area contributed by atoms with Crippen LogP contribution in [-0.4, -0.2) is 29.0 Å². The van der Waals surface area contributed by atoms with Gasteiger partial charge in [-0.05, 0) is 19.1 Å². The van der Waals surface area contributed by atoms with Gasteiger partial charge < -0.3 is 10.2 Å². The summed E-state index contributed by atoms with van der Waals surface area (Å²) < 4.78 is 0. The van der Waals surface area contributed by atoms with Crippen molar-refractivity contribution in [2.24, 2.45) is 0 Å². The van der Waals surface area contributed by atoms with Crippen molar-refractivity contribution in [3.8, 4) is 6.07 Å². The van der Waals surface area contributed by atoms with Gasteiger partial charge in [-0.25, -0.2) is 9.97 Å². The van der Waals surface area contributed by atoms with Crippen LogP contribution < -0.4 is 10.2 Å². The van der Waals surface area contributed by atoms with Crippen LogP contribution in [0.5, 0.6) is 0 Å². The van der Waals surface area contributed by atoms with Gasteiger partial charge in [0.2, 0.25) is 5.91 Å². The average Bonchev–Trinajstić information content (AvgIpc) is 2.56. The molecule has 1 aromatic carbocycles. The number of aromatic nitrogens is 2. The Balaban J connectivity index is 2.09. The summed E-state index contributed by atoms with van der Waals surface area (Å²) in [4.78, 5) is 22.0. The van der Waals surface area contributed by atoms with Gasteiger partial charge in [-0.15, -0.1) is 0 Å². The van der Waals surface area contributed by atoms with Crippen LogP contribution in [0.25, 0.3) is 0 Å². The van der Waals surface area contributed by atoms with E-state index in [0.29, 0.717) is 28.1 Å². The van der Waals surface area contributed by atoms with Gasteiger partial charge in [0, 0.05) is 6.54 Å². The van der Waals surface area contributed by atoms with Gasteiger partial charge in [-0.2, -0.15) is 5.26 Å². The first-order valence-electron chi connectivity index (χ1n) is 6.76. The first-order valence-corrected chi connectivity index (χ1v) is 7.51. The first kappa shape index (κ1) is 17.0. The van der Waals surface area contributed by atoms with E-state index in [-0.39, 0.29) is 18.1 Å². The van der Waals surface area contributed by atoms with Crippen LogP contribution in [0.15, 0.2) is 30.6 Å². The Morgan fingerprint density at radius 2 is 2.00 bits per heavy atom. The van der Waals surface area contributed by atoms with Gasteiger partial charge in [0.15, 0.2) is 5.69 Å². The summed E-state index contributed by atoms with van der Waals surface area (Å²) in [7, 11) is 0. The molecule has 1 heterocycles. The topological polar surface area (TPSA) is 81.9 Å². The molecule has 23 heavy (non-hydrogen) atoms. The van der Waals surface area contributed by atoms with Gasteiger partial charge >= 0.3 is 0 Å². The normalized spacial score (nSPS) is 10.0. The predicted molar refractivity (Wildman–Crippen MR) is 89.7 cm³/mol. The van der Waals surface area contributed by atoms with Crippen molar-refractivity contribution >= 4 is 40.6 Å². The first-order chi connectivity index (χ1) is 11.0. The van der Waals surface area contributed by atoms with Crippen LogP contribution in [-0.2, 0) is 4.79 Å². The zero-order valence-electron chi connectivity index (χ0n) is 12.3. The minimum absolute atomic E-state index is 0.0542. The van der Waals surface area contributed by atoms with Crippen LogP contribution in [0.1, 0.15) is 12.6 Å². The molecule has 0 saturated heterocycles. The highest BCUT2D eigenvalue weighted by atomic mass is 35.5. The highest BCUT2D eigenvalue weighted by Gasteiger charge is 2.14. The molecule has 118 valence electrons. The lowest BCUT2D eigenvalue weighted by Crippen LogP contribution is -2.33. The standard InChI is InChI=1S/C15H13Cl2N5O/c1-2-22(13-8-19-10(6-18)7-20-13)9-14(23)21-15-11(16)4-3-5-12(15)17/h3-5,7-8H,2,9H2,1H3,(H,21,23). The maximum Gasteiger partial charge on any atom is 0.244 e. The lowest BCUT2D eigenvalue weighted by Gasteiger charge is -2.21. The second kappa shape index (κ2) is 7.77. The van der Waals surface area contributed by atoms with Gasteiger partial charge in [0.05, 0.1) is 34.7 Å². The zero-order valence-corrected chi connectivity index (χ0v) is 13.8. The number of rotatable bonds is 5. The predicted octanol–water partition coefficient (Wildman–Crippen LogP) is 3.12. The largest absolute Gasteiger partial charge is 0.346 e. The number of hydrogen-bond acceptors (Lipinski definition) is 5. The molecule has 2 rings (SSSR count). The van der Waals surface area contributed by atoms with Crippen LogP contribution in [0, 0.1) is 11.3 Å². The molecular formula is C15H13Cl2N5O. The second-order valence-electron chi connectivity index (χ2n) is 4.53. The smallest absolute Gasteiger partial charge is 0.244 e. The lowest BCUT2D eigenvalue weighted by atomic mass is 10.3. The Kier molecular flexibility index (Phi) is 5.74. The summed E-state index contributed by atoms with van der Waals surface area (Å²) in [6, 6.07) is 6.89. The van der Waals surface area contributed by atoms with Crippen molar-refractivity contribution in [3.05, 3.63) is 46.3 Å².